The van der Waals surface area contributed by atoms with Crippen LogP contribution in [0.3, 0.4) is 0 Å². The molecule has 0 saturated heterocycles. The number of nitrogens with zero attached hydrogens (tertiary/aromatic N) is 1. The van der Waals surface area contributed by atoms with Gasteiger partial charge in [0.1, 0.15) is 12.9 Å². The molecule has 0 aliphatic heterocycles. The quantitative estimate of drug-likeness (QED) is 0.406. The number of hydrogen-bond acceptors (Lipinski definition) is 0. The average Bonchev–Trinajstić information content (AvgIpc) is 2.76. The molecule has 1 nitrogen and oxygen atoms in total. The molecule has 3 fully saturated rings. The molecule has 3 aliphatic rings. The van der Waals surface area contributed by atoms with Crippen molar-refractivity contribution >= 4 is 10.8 Å². The van der Waals surface area contributed by atoms with Gasteiger partial charge in [-0.3, -0.25) is 0 Å². The average molecular weight is 403 g/mol. The van der Waals surface area contributed by atoms with Gasteiger partial charge in [-0.1, -0.05) is 25.0 Å². The van der Waals surface area contributed by atoms with Crippen LogP contribution in [-0.4, -0.2) is 0 Å². The highest BCUT2D eigenvalue weighted by molar-refractivity contribution is 5.94. The molecular weight excluding hydrogens is 369 g/mol. The van der Waals surface area contributed by atoms with Crippen LogP contribution in [0, 0.1) is 45.3 Å². The van der Waals surface area contributed by atoms with Gasteiger partial charge >= 0.3 is 0 Å². The van der Waals surface area contributed by atoms with Crippen LogP contribution in [0.15, 0.2) is 30.3 Å². The summed E-state index contributed by atoms with van der Waals surface area (Å²) in [5.41, 5.74) is 7.62. The predicted molar refractivity (Wildman–Crippen MR) is 122 cm³/mol. The third-order valence-electron chi connectivity index (χ3n) is 8.29. The Labute approximate surface area is 179 Å². The highest BCUT2D eigenvalue weighted by Gasteiger charge is 2.36. The lowest BCUT2D eigenvalue weighted by atomic mass is 9.63. The van der Waals surface area contributed by atoms with Crippen molar-refractivity contribution < 1.29 is 8.96 Å². The van der Waals surface area contributed by atoms with E-state index in [0.29, 0.717) is 0 Å². The van der Waals surface area contributed by atoms with E-state index in [-0.39, 0.29) is 5.82 Å². The maximum Gasteiger partial charge on any atom is 0.220 e. The van der Waals surface area contributed by atoms with Crippen LogP contribution in [0.25, 0.3) is 22.0 Å². The SMILES string of the molecule is Cc1cc(-c2c3ccc(C4CC5CCC4CC5)cc3cc(C)[n+]2C)c(C)c(C)c1F. The second-order valence-corrected chi connectivity index (χ2v) is 9.97. The minimum Gasteiger partial charge on any atom is -0.206 e. The Morgan fingerprint density at radius 2 is 1.63 bits per heavy atom. The first kappa shape index (κ1) is 19.7. The van der Waals surface area contributed by atoms with Gasteiger partial charge in [-0.2, -0.15) is 4.57 Å². The van der Waals surface area contributed by atoms with Crippen molar-refractivity contribution in [3.63, 3.8) is 0 Å². The van der Waals surface area contributed by atoms with Crippen molar-refractivity contribution in [1.82, 2.24) is 0 Å². The topological polar surface area (TPSA) is 3.88 Å². The number of hydrogen-bond donors (Lipinski definition) is 0. The smallest absolute Gasteiger partial charge is 0.206 e. The van der Waals surface area contributed by atoms with E-state index in [4.69, 9.17) is 0 Å². The molecule has 0 amide bonds. The molecule has 1 unspecified atom stereocenters. The summed E-state index contributed by atoms with van der Waals surface area (Å²) in [6.45, 7) is 8.00. The Morgan fingerprint density at radius 3 is 2.30 bits per heavy atom. The van der Waals surface area contributed by atoms with E-state index in [2.05, 4.69) is 49.7 Å². The molecule has 2 bridgehead atoms. The van der Waals surface area contributed by atoms with Crippen LogP contribution in [-0.2, 0) is 7.05 Å². The summed E-state index contributed by atoms with van der Waals surface area (Å²) in [7, 11) is 2.13. The van der Waals surface area contributed by atoms with Crippen LogP contribution in [0.4, 0.5) is 4.39 Å². The molecule has 30 heavy (non-hydrogen) atoms. The summed E-state index contributed by atoms with van der Waals surface area (Å²) in [6, 6.07) is 11.5. The Morgan fingerprint density at radius 1 is 0.900 bits per heavy atom. The number of fused-ring (bicyclic) bond motifs is 4. The van der Waals surface area contributed by atoms with Gasteiger partial charge in [0.2, 0.25) is 5.69 Å². The summed E-state index contributed by atoms with van der Waals surface area (Å²) < 4.78 is 16.8. The number of halogens is 1. The lowest BCUT2D eigenvalue weighted by molar-refractivity contribution is -0.665. The molecule has 0 N–H and O–H groups in total. The standard InChI is InChI=1S/C28H33FN/c1-16-12-25(18(3)19(4)27(16)29)28-24-11-10-22(15-23(24)13-17(2)30(28)5)26-14-20-6-8-21(26)9-7-20/h10-13,15,20-21,26H,6-9,14H2,1-5H3/q+1. The first-order valence-corrected chi connectivity index (χ1v) is 11.5. The lowest BCUT2D eigenvalue weighted by Gasteiger charge is -2.42. The van der Waals surface area contributed by atoms with Gasteiger partial charge in [-0.05, 0) is 97.6 Å². The van der Waals surface area contributed by atoms with E-state index in [9.17, 15) is 4.39 Å². The molecular formula is C28H33FN+. The minimum atomic E-state index is -0.0782. The number of aryl methyl sites for hydroxylation is 2. The van der Waals surface area contributed by atoms with E-state index in [1.165, 1.54) is 59.8 Å². The number of pyridine rings is 1. The number of rotatable bonds is 2. The van der Waals surface area contributed by atoms with Gasteiger partial charge in [-0.25, -0.2) is 4.39 Å². The van der Waals surface area contributed by atoms with Gasteiger partial charge in [-0.15, -0.1) is 0 Å². The largest absolute Gasteiger partial charge is 0.220 e. The van der Waals surface area contributed by atoms with Gasteiger partial charge in [0, 0.05) is 13.0 Å². The van der Waals surface area contributed by atoms with Crippen molar-refractivity contribution in [2.45, 2.75) is 65.7 Å². The molecule has 3 saturated carbocycles. The molecule has 0 spiro atoms. The van der Waals surface area contributed by atoms with Crippen LogP contribution in [0.5, 0.6) is 0 Å². The van der Waals surface area contributed by atoms with E-state index >= 15 is 0 Å². The second-order valence-electron chi connectivity index (χ2n) is 9.97. The van der Waals surface area contributed by atoms with Crippen LogP contribution < -0.4 is 4.57 Å². The summed E-state index contributed by atoms with van der Waals surface area (Å²) in [6.07, 6.45) is 7.08. The zero-order valence-corrected chi connectivity index (χ0v) is 19.0. The fourth-order valence-corrected chi connectivity index (χ4v) is 6.23. The lowest BCUT2D eigenvalue weighted by Crippen LogP contribution is -2.35. The Balaban J connectivity index is 1.69. The van der Waals surface area contributed by atoms with Crippen LogP contribution in [0.2, 0.25) is 0 Å². The van der Waals surface area contributed by atoms with E-state index in [1.54, 1.807) is 0 Å². The first-order valence-electron chi connectivity index (χ1n) is 11.5. The summed E-state index contributed by atoms with van der Waals surface area (Å²) in [5.74, 6) is 2.47. The van der Waals surface area contributed by atoms with Crippen LogP contribution >= 0.6 is 0 Å². The number of aromatic nitrogens is 1. The summed E-state index contributed by atoms with van der Waals surface area (Å²) >= 11 is 0. The van der Waals surface area contributed by atoms with Gasteiger partial charge < -0.3 is 0 Å². The zero-order valence-electron chi connectivity index (χ0n) is 19.0. The third kappa shape index (κ3) is 2.99. The fraction of sp³-hybridized carbons (Fsp3) is 0.464. The summed E-state index contributed by atoms with van der Waals surface area (Å²) in [4.78, 5) is 0. The molecule has 3 aliphatic carbocycles. The molecule has 6 rings (SSSR count). The van der Waals surface area contributed by atoms with Crippen molar-refractivity contribution in [3.8, 4) is 11.3 Å². The molecule has 3 aromatic rings. The molecule has 156 valence electrons. The van der Waals surface area contributed by atoms with E-state index < -0.39 is 0 Å². The Kier molecular flexibility index (Phi) is 4.72. The predicted octanol–water partition coefficient (Wildman–Crippen LogP) is 7.00. The maximum atomic E-state index is 14.5. The molecule has 1 aromatic heterocycles. The minimum absolute atomic E-state index is 0.0782. The van der Waals surface area contributed by atoms with Crippen molar-refractivity contribution in [1.29, 1.82) is 0 Å². The molecule has 1 atom stereocenters. The zero-order chi connectivity index (χ0) is 21.2. The monoisotopic (exact) mass is 402 g/mol. The third-order valence-corrected chi connectivity index (χ3v) is 8.29. The van der Waals surface area contributed by atoms with Gasteiger partial charge in [0.05, 0.1) is 10.9 Å². The highest BCUT2D eigenvalue weighted by atomic mass is 19.1. The normalized spacial score (nSPS) is 23.3. The second kappa shape index (κ2) is 7.18. The van der Waals surface area contributed by atoms with Gasteiger partial charge in [0.15, 0.2) is 5.69 Å². The van der Waals surface area contributed by atoms with E-state index in [1.807, 2.05) is 19.9 Å². The Bertz CT molecular complexity index is 1150. The molecule has 2 aromatic carbocycles. The van der Waals surface area contributed by atoms with Gasteiger partial charge in [0.25, 0.3) is 0 Å². The first-order chi connectivity index (χ1) is 14.3. The van der Waals surface area contributed by atoms with Crippen molar-refractivity contribution in [2.75, 3.05) is 0 Å². The maximum absolute atomic E-state index is 14.5. The summed E-state index contributed by atoms with van der Waals surface area (Å²) in [5, 5.41) is 2.58. The van der Waals surface area contributed by atoms with Crippen molar-refractivity contribution in [2.24, 2.45) is 18.9 Å². The highest BCUT2D eigenvalue weighted by Crippen LogP contribution is 2.50. The van der Waals surface area contributed by atoms with Crippen LogP contribution in [0.1, 0.15) is 66.0 Å². The van der Waals surface area contributed by atoms with Crippen molar-refractivity contribution in [3.05, 3.63) is 64.1 Å². The Hall–Kier alpha value is -2.22. The van der Waals surface area contributed by atoms with E-state index in [0.717, 1.165) is 40.0 Å². The molecule has 0 radical (unpaired) electrons. The molecule has 2 heteroatoms. The number of benzene rings is 2. The molecule has 1 heterocycles. The fourth-order valence-electron chi connectivity index (χ4n) is 6.23.